The number of nitrogens with zero attached hydrogens (tertiary/aromatic N) is 1. The Kier molecular flexibility index (Phi) is 3.13. The quantitative estimate of drug-likeness (QED) is 0.712. The third-order valence-electron chi connectivity index (χ3n) is 2.89. The Hall–Kier alpha value is -2.01. The molecule has 19 heavy (non-hydrogen) atoms. The van der Waals surface area contributed by atoms with Crippen LogP contribution in [-0.2, 0) is 13.0 Å². The van der Waals surface area contributed by atoms with E-state index in [0.717, 1.165) is 24.1 Å². The van der Waals surface area contributed by atoms with E-state index in [1.54, 1.807) is 0 Å². The molecule has 3 N–H and O–H groups in total. The third-order valence-corrected chi connectivity index (χ3v) is 4.12. The van der Waals surface area contributed by atoms with Crippen LogP contribution in [0.2, 0.25) is 0 Å². The molecule has 4 nitrogen and oxygen atoms in total. The van der Waals surface area contributed by atoms with E-state index in [2.05, 4.69) is 29.4 Å². The number of anilines is 2. The van der Waals surface area contributed by atoms with Crippen LogP contribution in [0.4, 0.5) is 11.7 Å². The summed E-state index contributed by atoms with van der Waals surface area (Å²) in [6, 6.07) is 10.3. The maximum absolute atomic E-state index is 5.72. The lowest BCUT2D eigenvalue weighted by Gasteiger charge is -1.97. The van der Waals surface area contributed by atoms with Gasteiger partial charge in [0.2, 0.25) is 0 Å². The topological polar surface area (TPSA) is 64.1 Å². The Morgan fingerprint density at radius 2 is 2.11 bits per heavy atom. The Balaban J connectivity index is 1.74. The maximum Gasteiger partial charge on any atom is 0.295 e. The second-order valence-corrected chi connectivity index (χ2v) is 5.57. The van der Waals surface area contributed by atoms with Crippen molar-refractivity contribution in [2.24, 2.45) is 0 Å². The highest BCUT2D eigenvalue weighted by molar-refractivity contribution is 7.12. The minimum absolute atomic E-state index is 0.534. The average Bonchev–Trinajstić information content (AvgIpc) is 3.01. The van der Waals surface area contributed by atoms with Crippen molar-refractivity contribution in [3.63, 3.8) is 0 Å². The number of oxazole rings is 1. The van der Waals surface area contributed by atoms with Crippen molar-refractivity contribution in [1.29, 1.82) is 0 Å². The number of rotatable bonds is 4. The minimum atomic E-state index is 0.534. The van der Waals surface area contributed by atoms with Crippen LogP contribution >= 0.6 is 11.3 Å². The van der Waals surface area contributed by atoms with Crippen molar-refractivity contribution in [2.75, 3.05) is 11.1 Å². The van der Waals surface area contributed by atoms with E-state index < -0.39 is 0 Å². The predicted molar refractivity (Wildman–Crippen MR) is 79.4 cm³/mol. The van der Waals surface area contributed by atoms with Crippen LogP contribution in [0.5, 0.6) is 0 Å². The van der Waals surface area contributed by atoms with Gasteiger partial charge in [-0.25, -0.2) is 0 Å². The zero-order valence-corrected chi connectivity index (χ0v) is 11.5. The third kappa shape index (κ3) is 2.56. The number of nitrogens with two attached hydrogens (primary N) is 1. The zero-order valence-electron chi connectivity index (χ0n) is 10.6. The number of aromatic nitrogens is 1. The second-order valence-electron chi connectivity index (χ2n) is 4.32. The van der Waals surface area contributed by atoms with Gasteiger partial charge < -0.3 is 15.5 Å². The summed E-state index contributed by atoms with van der Waals surface area (Å²) in [5.41, 5.74) is 7.94. The number of nitrogen functional groups attached to an aromatic ring is 1. The molecule has 0 spiro atoms. The predicted octanol–water partition coefficient (Wildman–Crippen LogP) is 3.65. The lowest BCUT2D eigenvalue weighted by atomic mass is 10.3. The molecule has 0 radical (unpaired) electrons. The molecule has 0 aliphatic carbocycles. The molecule has 0 saturated heterocycles. The molecule has 0 bridgehead atoms. The summed E-state index contributed by atoms with van der Waals surface area (Å²) in [5, 5.41) is 3.20. The summed E-state index contributed by atoms with van der Waals surface area (Å²) in [5.74, 6) is 0. The van der Waals surface area contributed by atoms with Gasteiger partial charge in [-0.2, -0.15) is 4.98 Å². The van der Waals surface area contributed by atoms with E-state index in [1.165, 1.54) is 9.75 Å². The standard InChI is InChI=1S/C14H15N3OS/c1-2-10-4-5-11(19-10)8-16-14-17-12-7-9(15)3-6-13(12)18-14/h3-7H,2,8,15H2,1H3,(H,16,17). The number of nitrogens with one attached hydrogen (secondary N) is 1. The van der Waals surface area contributed by atoms with Crippen molar-refractivity contribution in [1.82, 2.24) is 4.98 Å². The molecule has 5 heteroatoms. The number of hydrogen-bond donors (Lipinski definition) is 2. The summed E-state index contributed by atoms with van der Waals surface area (Å²) in [6.45, 7) is 2.89. The van der Waals surface area contributed by atoms with E-state index in [-0.39, 0.29) is 0 Å². The molecule has 1 aromatic carbocycles. The number of fused-ring (bicyclic) bond motifs is 1. The minimum Gasteiger partial charge on any atom is -0.424 e. The first-order valence-corrected chi connectivity index (χ1v) is 7.04. The molecule has 0 amide bonds. The van der Waals surface area contributed by atoms with Crippen LogP contribution in [0.1, 0.15) is 16.7 Å². The smallest absolute Gasteiger partial charge is 0.295 e. The van der Waals surface area contributed by atoms with Gasteiger partial charge >= 0.3 is 0 Å². The molecule has 0 unspecified atom stereocenters. The summed E-state index contributed by atoms with van der Waals surface area (Å²) in [6.07, 6.45) is 1.08. The Morgan fingerprint density at radius 3 is 2.89 bits per heavy atom. The highest BCUT2D eigenvalue weighted by Crippen LogP contribution is 2.22. The Bertz CT molecular complexity index is 702. The highest BCUT2D eigenvalue weighted by Gasteiger charge is 2.06. The summed E-state index contributed by atoms with van der Waals surface area (Å²) >= 11 is 1.81. The summed E-state index contributed by atoms with van der Waals surface area (Å²) < 4.78 is 5.60. The van der Waals surface area contributed by atoms with E-state index in [4.69, 9.17) is 10.2 Å². The number of hydrogen-bond acceptors (Lipinski definition) is 5. The van der Waals surface area contributed by atoms with Crippen molar-refractivity contribution in [2.45, 2.75) is 19.9 Å². The molecule has 0 atom stereocenters. The van der Waals surface area contributed by atoms with Crippen LogP contribution in [-0.4, -0.2) is 4.98 Å². The average molecular weight is 273 g/mol. The summed E-state index contributed by atoms with van der Waals surface area (Å²) in [7, 11) is 0. The van der Waals surface area contributed by atoms with Gasteiger partial charge in [0.05, 0.1) is 6.54 Å². The van der Waals surface area contributed by atoms with E-state index in [9.17, 15) is 0 Å². The highest BCUT2D eigenvalue weighted by atomic mass is 32.1. The molecule has 3 rings (SSSR count). The largest absolute Gasteiger partial charge is 0.424 e. The van der Waals surface area contributed by atoms with Gasteiger partial charge in [-0.3, -0.25) is 0 Å². The first kappa shape index (κ1) is 12.0. The molecule has 0 aliphatic rings. The fourth-order valence-corrected chi connectivity index (χ4v) is 2.79. The number of benzene rings is 1. The molecule has 98 valence electrons. The zero-order chi connectivity index (χ0) is 13.2. The first-order chi connectivity index (χ1) is 9.24. The second kappa shape index (κ2) is 4.93. The van der Waals surface area contributed by atoms with E-state index in [0.29, 0.717) is 11.7 Å². The van der Waals surface area contributed by atoms with Gasteiger partial charge in [0.1, 0.15) is 5.52 Å². The summed E-state index contributed by atoms with van der Waals surface area (Å²) in [4.78, 5) is 7.03. The van der Waals surface area contributed by atoms with E-state index >= 15 is 0 Å². The van der Waals surface area contributed by atoms with Crippen molar-refractivity contribution in [3.05, 3.63) is 40.1 Å². The van der Waals surface area contributed by atoms with Gasteiger partial charge in [-0.15, -0.1) is 11.3 Å². The van der Waals surface area contributed by atoms with Crippen LogP contribution in [0, 0.1) is 0 Å². The lowest BCUT2D eigenvalue weighted by molar-refractivity contribution is 0.615. The normalized spacial score (nSPS) is 11.0. The van der Waals surface area contributed by atoms with Crippen LogP contribution < -0.4 is 11.1 Å². The molecule has 0 fully saturated rings. The number of thiophene rings is 1. The fraction of sp³-hybridized carbons (Fsp3) is 0.214. The lowest BCUT2D eigenvalue weighted by Crippen LogP contribution is -1.96. The Morgan fingerprint density at radius 1 is 1.26 bits per heavy atom. The molecule has 0 aliphatic heterocycles. The van der Waals surface area contributed by atoms with Gasteiger partial charge in [0, 0.05) is 15.4 Å². The van der Waals surface area contributed by atoms with Gasteiger partial charge in [0.15, 0.2) is 5.58 Å². The van der Waals surface area contributed by atoms with Crippen LogP contribution in [0.15, 0.2) is 34.7 Å². The van der Waals surface area contributed by atoms with Crippen molar-refractivity contribution in [3.8, 4) is 0 Å². The molecule has 0 saturated carbocycles. The van der Waals surface area contributed by atoms with Crippen molar-refractivity contribution >= 4 is 34.1 Å². The fourth-order valence-electron chi connectivity index (χ4n) is 1.89. The van der Waals surface area contributed by atoms with E-state index in [1.807, 2.05) is 29.5 Å². The monoisotopic (exact) mass is 273 g/mol. The van der Waals surface area contributed by atoms with Crippen molar-refractivity contribution < 1.29 is 4.42 Å². The van der Waals surface area contributed by atoms with Gasteiger partial charge in [0.25, 0.3) is 6.01 Å². The SMILES string of the molecule is CCc1ccc(CNc2nc3cc(N)ccc3o2)s1. The molecule has 2 heterocycles. The first-order valence-electron chi connectivity index (χ1n) is 6.22. The maximum atomic E-state index is 5.72. The number of aryl methyl sites for hydroxylation is 1. The molecular weight excluding hydrogens is 258 g/mol. The van der Waals surface area contributed by atoms with Gasteiger partial charge in [-0.05, 0) is 36.8 Å². The van der Waals surface area contributed by atoms with Crippen LogP contribution in [0.3, 0.4) is 0 Å². The van der Waals surface area contributed by atoms with Gasteiger partial charge in [-0.1, -0.05) is 6.92 Å². The molecule has 2 aromatic heterocycles. The molecular formula is C14H15N3OS. The molecule has 3 aromatic rings. The van der Waals surface area contributed by atoms with Crippen LogP contribution in [0.25, 0.3) is 11.1 Å². The Labute approximate surface area is 115 Å².